The molecule has 4 aromatic rings. The van der Waals surface area contributed by atoms with Crippen LogP contribution in [0.15, 0.2) is 57.6 Å². The molecule has 0 aliphatic carbocycles. The minimum atomic E-state index is -0.127. The largest absolute Gasteiger partial charge is 0.469 e. The van der Waals surface area contributed by atoms with Gasteiger partial charge in [0.05, 0.1) is 29.3 Å². The summed E-state index contributed by atoms with van der Waals surface area (Å²) in [4.78, 5) is 16.7. The molecule has 3 heterocycles. The van der Waals surface area contributed by atoms with E-state index in [2.05, 4.69) is 44.1 Å². The zero-order chi connectivity index (χ0) is 21.1. The van der Waals surface area contributed by atoms with E-state index in [1.165, 1.54) is 23.1 Å². The van der Waals surface area contributed by atoms with Crippen molar-refractivity contribution >= 4 is 34.1 Å². The Morgan fingerprint density at radius 3 is 2.70 bits per heavy atom. The number of benzene rings is 1. The summed E-state index contributed by atoms with van der Waals surface area (Å²) in [5.74, 6) is 1.58. The number of anilines is 1. The number of thiazole rings is 1. The fraction of sp³-hybridized carbons (Fsp3) is 0.238. The number of furan rings is 1. The van der Waals surface area contributed by atoms with Gasteiger partial charge in [-0.3, -0.25) is 9.36 Å². The third-order valence-corrected chi connectivity index (χ3v) is 6.45. The highest BCUT2D eigenvalue weighted by Gasteiger charge is 2.23. The number of aromatic nitrogens is 4. The summed E-state index contributed by atoms with van der Waals surface area (Å²) < 4.78 is 7.53. The summed E-state index contributed by atoms with van der Waals surface area (Å²) in [6, 6.07) is 12.0. The van der Waals surface area contributed by atoms with E-state index in [0.717, 1.165) is 28.4 Å². The summed E-state index contributed by atoms with van der Waals surface area (Å²) in [7, 11) is 0. The van der Waals surface area contributed by atoms with Gasteiger partial charge in [-0.15, -0.1) is 21.5 Å². The maximum Gasteiger partial charge on any atom is 0.236 e. The lowest BCUT2D eigenvalue weighted by atomic mass is 10.1. The number of carbonyl (C=O) groups is 1. The van der Waals surface area contributed by atoms with E-state index in [1.807, 2.05) is 43.5 Å². The van der Waals surface area contributed by atoms with Crippen LogP contribution in [0.3, 0.4) is 0 Å². The molecule has 7 nitrogen and oxygen atoms in total. The average Bonchev–Trinajstić information content (AvgIpc) is 3.46. The number of nitrogens with one attached hydrogen (secondary N) is 1. The van der Waals surface area contributed by atoms with Crippen molar-refractivity contribution in [3.8, 4) is 11.4 Å². The highest BCUT2D eigenvalue weighted by atomic mass is 32.2. The molecule has 1 N–H and O–H groups in total. The molecule has 0 spiro atoms. The van der Waals surface area contributed by atoms with E-state index < -0.39 is 0 Å². The first-order valence-corrected chi connectivity index (χ1v) is 11.3. The molecule has 0 saturated heterocycles. The molecule has 0 bridgehead atoms. The number of aryl methyl sites for hydroxylation is 2. The predicted octanol–water partition coefficient (Wildman–Crippen LogP) is 4.95. The van der Waals surface area contributed by atoms with Crippen molar-refractivity contribution in [3.05, 3.63) is 65.1 Å². The van der Waals surface area contributed by atoms with Gasteiger partial charge in [0.15, 0.2) is 16.1 Å². The maximum absolute atomic E-state index is 12.4. The molecule has 0 aliphatic rings. The van der Waals surface area contributed by atoms with Crippen LogP contribution in [0.25, 0.3) is 11.4 Å². The first kappa shape index (κ1) is 20.4. The van der Waals surface area contributed by atoms with Crippen LogP contribution in [0, 0.1) is 13.8 Å². The average molecular weight is 440 g/mol. The number of hydrogen-bond acceptors (Lipinski definition) is 7. The van der Waals surface area contributed by atoms with E-state index in [4.69, 9.17) is 4.42 Å². The summed E-state index contributed by atoms with van der Waals surface area (Å²) >= 11 is 2.76. The van der Waals surface area contributed by atoms with E-state index >= 15 is 0 Å². The van der Waals surface area contributed by atoms with Crippen LogP contribution < -0.4 is 5.32 Å². The molecule has 0 saturated carbocycles. The topological polar surface area (TPSA) is 85.8 Å². The molecule has 0 aliphatic heterocycles. The molecule has 154 valence electrons. The molecule has 0 fully saturated rings. The van der Waals surface area contributed by atoms with Gasteiger partial charge < -0.3 is 9.73 Å². The second kappa shape index (κ2) is 8.85. The van der Waals surface area contributed by atoms with Crippen LogP contribution in [0.4, 0.5) is 5.13 Å². The second-order valence-corrected chi connectivity index (χ2v) is 8.58. The third kappa shape index (κ3) is 4.31. The molecule has 9 heteroatoms. The Morgan fingerprint density at radius 2 is 2.03 bits per heavy atom. The Labute approximate surface area is 182 Å². The lowest BCUT2D eigenvalue weighted by Crippen LogP contribution is -2.15. The molecular formula is C21H21N5O2S2. The van der Waals surface area contributed by atoms with Crippen molar-refractivity contribution in [2.75, 3.05) is 11.1 Å². The summed E-state index contributed by atoms with van der Waals surface area (Å²) in [6.07, 6.45) is 1.65. The summed E-state index contributed by atoms with van der Waals surface area (Å²) in [5.41, 5.74) is 2.91. The maximum atomic E-state index is 12.4. The number of amides is 1. The quantitative estimate of drug-likeness (QED) is 0.410. The Balaban J connectivity index is 1.60. The van der Waals surface area contributed by atoms with Crippen molar-refractivity contribution in [3.63, 3.8) is 0 Å². The van der Waals surface area contributed by atoms with Crippen LogP contribution in [0.1, 0.15) is 30.0 Å². The first-order chi connectivity index (χ1) is 14.5. The second-order valence-electron chi connectivity index (χ2n) is 6.78. The molecular weight excluding hydrogens is 418 g/mol. The van der Waals surface area contributed by atoms with E-state index in [1.54, 1.807) is 6.26 Å². The van der Waals surface area contributed by atoms with Crippen LogP contribution in [-0.4, -0.2) is 31.4 Å². The molecule has 30 heavy (non-hydrogen) atoms. The van der Waals surface area contributed by atoms with Crippen LogP contribution in [0.2, 0.25) is 0 Å². The Morgan fingerprint density at radius 1 is 1.23 bits per heavy atom. The molecule has 0 unspecified atom stereocenters. The van der Waals surface area contributed by atoms with Crippen molar-refractivity contribution in [2.24, 2.45) is 0 Å². The molecule has 3 aromatic heterocycles. The first-order valence-electron chi connectivity index (χ1n) is 9.42. The predicted molar refractivity (Wildman–Crippen MR) is 119 cm³/mol. The highest BCUT2D eigenvalue weighted by Crippen LogP contribution is 2.32. The van der Waals surface area contributed by atoms with Gasteiger partial charge >= 0.3 is 0 Å². The summed E-state index contributed by atoms with van der Waals surface area (Å²) in [5, 5.41) is 14.8. The zero-order valence-corrected chi connectivity index (χ0v) is 18.5. The number of carbonyl (C=O) groups excluding carboxylic acids is 1. The highest BCUT2D eigenvalue weighted by molar-refractivity contribution is 7.99. The van der Waals surface area contributed by atoms with Crippen molar-refractivity contribution in [1.82, 2.24) is 19.7 Å². The number of nitrogens with zero attached hydrogens (tertiary/aromatic N) is 4. The van der Waals surface area contributed by atoms with Crippen LogP contribution in [-0.2, 0) is 4.79 Å². The van der Waals surface area contributed by atoms with Gasteiger partial charge in [-0.25, -0.2) is 4.98 Å². The van der Waals surface area contributed by atoms with E-state index in [0.29, 0.717) is 10.3 Å². The summed E-state index contributed by atoms with van der Waals surface area (Å²) in [6.45, 7) is 5.89. The zero-order valence-electron chi connectivity index (χ0n) is 16.8. The fourth-order valence-corrected chi connectivity index (χ4v) is 4.62. The lowest BCUT2D eigenvalue weighted by molar-refractivity contribution is -0.113. The van der Waals surface area contributed by atoms with E-state index in [9.17, 15) is 4.79 Å². The lowest BCUT2D eigenvalue weighted by Gasteiger charge is -2.18. The van der Waals surface area contributed by atoms with E-state index in [-0.39, 0.29) is 17.7 Å². The Kier molecular flexibility index (Phi) is 6.01. The third-order valence-electron chi connectivity index (χ3n) is 4.63. The van der Waals surface area contributed by atoms with Crippen molar-refractivity contribution < 1.29 is 9.21 Å². The monoisotopic (exact) mass is 439 g/mol. The van der Waals surface area contributed by atoms with Crippen LogP contribution in [0.5, 0.6) is 0 Å². The van der Waals surface area contributed by atoms with Gasteiger partial charge in [0.1, 0.15) is 5.76 Å². The molecule has 1 atom stereocenters. The number of hydrogen-bond donors (Lipinski definition) is 1. The minimum absolute atomic E-state index is 0.0160. The minimum Gasteiger partial charge on any atom is -0.469 e. The number of thioether (sulfide) groups is 1. The normalized spacial score (nSPS) is 12.1. The Bertz CT molecular complexity index is 1150. The SMILES string of the molecule is Cc1csc(NC(=O)CSc2nnc(-c3ccoc3C)n2[C@H](C)c2ccccc2)n1. The Hall–Kier alpha value is -2.91. The fourth-order valence-electron chi connectivity index (χ4n) is 3.10. The van der Waals surface area contributed by atoms with Gasteiger partial charge in [-0.05, 0) is 32.4 Å². The number of rotatable bonds is 7. The molecule has 4 rings (SSSR count). The van der Waals surface area contributed by atoms with Crippen molar-refractivity contribution in [2.45, 2.75) is 32.0 Å². The molecule has 1 aromatic carbocycles. The van der Waals surface area contributed by atoms with Crippen LogP contribution >= 0.6 is 23.1 Å². The van der Waals surface area contributed by atoms with Gasteiger partial charge in [0.25, 0.3) is 0 Å². The van der Waals surface area contributed by atoms with Gasteiger partial charge in [-0.1, -0.05) is 42.1 Å². The molecule has 1 amide bonds. The van der Waals surface area contributed by atoms with Gasteiger partial charge in [-0.2, -0.15) is 0 Å². The molecule has 0 radical (unpaired) electrons. The van der Waals surface area contributed by atoms with Gasteiger partial charge in [0, 0.05) is 5.38 Å². The standard InChI is InChI=1S/C21H21N5O2S2/c1-13-11-29-20(22-13)23-18(27)12-30-21-25-24-19(17-9-10-28-15(17)3)26(21)14(2)16-7-5-4-6-8-16/h4-11,14H,12H2,1-3H3,(H,22,23,27)/t14-/m1/s1. The smallest absolute Gasteiger partial charge is 0.236 e. The van der Waals surface area contributed by atoms with Crippen molar-refractivity contribution in [1.29, 1.82) is 0 Å². The van der Waals surface area contributed by atoms with Gasteiger partial charge in [0.2, 0.25) is 5.91 Å².